The van der Waals surface area contributed by atoms with E-state index in [0.717, 1.165) is 5.56 Å². The molecule has 0 aliphatic rings. The van der Waals surface area contributed by atoms with E-state index in [1.165, 1.54) is 12.1 Å². The number of amides is 1. The van der Waals surface area contributed by atoms with Crippen LogP contribution in [0.4, 0.5) is 10.1 Å². The highest BCUT2D eigenvalue weighted by Gasteiger charge is 2.12. The molecule has 0 heterocycles. The fourth-order valence-corrected chi connectivity index (χ4v) is 1.88. The van der Waals surface area contributed by atoms with Crippen molar-refractivity contribution in [3.63, 3.8) is 0 Å². The lowest BCUT2D eigenvalue weighted by Gasteiger charge is -2.08. The van der Waals surface area contributed by atoms with Crippen molar-refractivity contribution in [1.29, 1.82) is 0 Å². The smallest absolute Gasteiger partial charge is 0.258 e. The molecular weight excluding hydrogens is 271 g/mol. The summed E-state index contributed by atoms with van der Waals surface area (Å²) in [6, 6.07) is 11.2. The van der Waals surface area contributed by atoms with Gasteiger partial charge < -0.3 is 10.5 Å². The van der Waals surface area contributed by atoms with E-state index in [-0.39, 0.29) is 5.56 Å². The first-order valence-electron chi connectivity index (χ1n) is 6.38. The largest absolute Gasteiger partial charge is 0.411 e. The Morgan fingerprint density at radius 2 is 2.00 bits per heavy atom. The van der Waals surface area contributed by atoms with E-state index in [0.29, 0.717) is 17.0 Å². The highest BCUT2D eigenvalue weighted by molar-refractivity contribution is 6.05. The van der Waals surface area contributed by atoms with E-state index in [4.69, 9.17) is 5.21 Å². The van der Waals surface area contributed by atoms with E-state index in [9.17, 15) is 9.18 Å². The van der Waals surface area contributed by atoms with E-state index in [2.05, 4.69) is 10.5 Å². The Bertz CT molecular complexity index is 711. The highest BCUT2D eigenvalue weighted by Crippen LogP contribution is 2.15. The Kier molecular flexibility index (Phi) is 4.33. The number of carbonyl (C=O) groups excluding carboxylic acids is 1. The summed E-state index contributed by atoms with van der Waals surface area (Å²) < 4.78 is 13.8. The molecule has 2 aromatic rings. The quantitative estimate of drug-likeness (QED) is 0.514. The van der Waals surface area contributed by atoms with Crippen LogP contribution in [0, 0.1) is 12.7 Å². The second kappa shape index (κ2) is 6.17. The van der Waals surface area contributed by atoms with Crippen molar-refractivity contribution in [2.45, 2.75) is 13.8 Å². The molecule has 4 nitrogen and oxygen atoms in total. The van der Waals surface area contributed by atoms with Crippen molar-refractivity contribution in [3.8, 4) is 0 Å². The van der Waals surface area contributed by atoms with Crippen molar-refractivity contribution in [3.05, 3.63) is 65.0 Å². The number of hydrogen-bond acceptors (Lipinski definition) is 3. The minimum absolute atomic E-state index is 0.0152. The Morgan fingerprint density at radius 3 is 2.67 bits per heavy atom. The van der Waals surface area contributed by atoms with Gasteiger partial charge in [-0.1, -0.05) is 23.4 Å². The van der Waals surface area contributed by atoms with Gasteiger partial charge in [-0.05, 0) is 43.7 Å². The minimum Gasteiger partial charge on any atom is -0.411 e. The third kappa shape index (κ3) is 3.45. The summed E-state index contributed by atoms with van der Waals surface area (Å²) in [5, 5.41) is 14.5. The van der Waals surface area contributed by atoms with Crippen LogP contribution in [0.2, 0.25) is 0 Å². The first-order chi connectivity index (χ1) is 10.0. The van der Waals surface area contributed by atoms with Gasteiger partial charge in [-0.25, -0.2) is 4.39 Å². The van der Waals surface area contributed by atoms with Crippen molar-refractivity contribution < 1.29 is 14.4 Å². The van der Waals surface area contributed by atoms with Crippen molar-refractivity contribution in [2.75, 3.05) is 5.32 Å². The molecule has 5 heteroatoms. The topological polar surface area (TPSA) is 61.7 Å². The zero-order chi connectivity index (χ0) is 15.4. The van der Waals surface area contributed by atoms with Gasteiger partial charge in [0.25, 0.3) is 5.91 Å². The lowest BCUT2D eigenvalue weighted by atomic mass is 10.1. The average Bonchev–Trinajstić information content (AvgIpc) is 2.46. The molecule has 0 aliphatic carbocycles. The maximum atomic E-state index is 13.8. The van der Waals surface area contributed by atoms with Gasteiger partial charge >= 0.3 is 0 Å². The molecule has 0 fully saturated rings. The zero-order valence-electron chi connectivity index (χ0n) is 11.7. The molecule has 0 saturated carbocycles. The molecule has 1 amide bonds. The van der Waals surface area contributed by atoms with E-state index in [1.807, 2.05) is 0 Å². The van der Waals surface area contributed by atoms with Gasteiger partial charge in [0.15, 0.2) is 0 Å². The van der Waals surface area contributed by atoms with Gasteiger partial charge in [-0.2, -0.15) is 0 Å². The third-order valence-electron chi connectivity index (χ3n) is 3.06. The maximum absolute atomic E-state index is 13.8. The second-order valence-corrected chi connectivity index (χ2v) is 4.70. The second-order valence-electron chi connectivity index (χ2n) is 4.70. The maximum Gasteiger partial charge on any atom is 0.258 e. The number of oxime groups is 1. The molecule has 0 aromatic heterocycles. The van der Waals surface area contributed by atoms with Gasteiger partial charge in [0.1, 0.15) is 5.82 Å². The summed E-state index contributed by atoms with van der Waals surface area (Å²) in [6.45, 7) is 3.39. The van der Waals surface area contributed by atoms with Crippen LogP contribution in [0.5, 0.6) is 0 Å². The highest BCUT2D eigenvalue weighted by atomic mass is 19.1. The third-order valence-corrected chi connectivity index (χ3v) is 3.06. The number of aryl methyl sites for hydroxylation is 1. The van der Waals surface area contributed by atoms with Crippen LogP contribution in [0.25, 0.3) is 0 Å². The SMILES string of the molecule is C/C(=N/O)c1cccc(NC(=O)c2ccc(C)cc2F)c1. The fraction of sp³-hybridized carbons (Fsp3) is 0.125. The number of anilines is 1. The molecule has 0 unspecified atom stereocenters. The Labute approximate surface area is 121 Å². The molecule has 0 saturated heterocycles. The van der Waals surface area contributed by atoms with Gasteiger partial charge in [0, 0.05) is 11.3 Å². The molecule has 0 radical (unpaired) electrons. The van der Waals surface area contributed by atoms with Gasteiger partial charge in [-0.15, -0.1) is 0 Å². The number of nitrogens with one attached hydrogen (secondary N) is 1. The summed E-state index contributed by atoms with van der Waals surface area (Å²) in [5.74, 6) is -1.08. The molecule has 0 spiro atoms. The molecule has 0 bridgehead atoms. The van der Waals surface area contributed by atoms with Crippen LogP contribution in [-0.4, -0.2) is 16.8 Å². The first-order valence-corrected chi connectivity index (χ1v) is 6.38. The van der Waals surface area contributed by atoms with Gasteiger partial charge in [0.2, 0.25) is 0 Å². The molecule has 108 valence electrons. The van der Waals surface area contributed by atoms with Crippen molar-refractivity contribution in [1.82, 2.24) is 0 Å². The van der Waals surface area contributed by atoms with E-state index in [1.54, 1.807) is 44.2 Å². The summed E-state index contributed by atoms with van der Waals surface area (Å²) in [4.78, 5) is 12.1. The molecule has 2 aromatic carbocycles. The number of benzene rings is 2. The predicted molar refractivity (Wildman–Crippen MR) is 79.5 cm³/mol. The summed E-state index contributed by atoms with van der Waals surface area (Å²) in [5.41, 5.74) is 2.33. The molecule has 2 N–H and O–H groups in total. The lowest BCUT2D eigenvalue weighted by molar-refractivity contribution is 0.102. The number of halogens is 1. The van der Waals surface area contributed by atoms with Crippen LogP contribution in [0.3, 0.4) is 0 Å². The van der Waals surface area contributed by atoms with E-state index >= 15 is 0 Å². The Balaban J connectivity index is 2.23. The Morgan fingerprint density at radius 1 is 1.24 bits per heavy atom. The number of rotatable bonds is 3. The molecule has 21 heavy (non-hydrogen) atoms. The summed E-state index contributed by atoms with van der Waals surface area (Å²) in [6.07, 6.45) is 0. The van der Waals surface area contributed by atoms with E-state index < -0.39 is 11.7 Å². The minimum atomic E-state index is -0.559. The van der Waals surface area contributed by atoms with Crippen molar-refractivity contribution in [2.24, 2.45) is 5.16 Å². The normalized spacial score (nSPS) is 11.3. The van der Waals surface area contributed by atoms with Crippen molar-refractivity contribution >= 4 is 17.3 Å². The molecular formula is C16H15FN2O2. The molecule has 2 rings (SSSR count). The predicted octanol–water partition coefficient (Wildman–Crippen LogP) is 3.58. The number of hydrogen-bond donors (Lipinski definition) is 2. The van der Waals surface area contributed by atoms with Crippen LogP contribution in [-0.2, 0) is 0 Å². The molecule has 0 atom stereocenters. The fourth-order valence-electron chi connectivity index (χ4n) is 1.88. The monoisotopic (exact) mass is 286 g/mol. The lowest BCUT2D eigenvalue weighted by Crippen LogP contribution is -2.14. The van der Waals surface area contributed by atoms with Crippen LogP contribution >= 0.6 is 0 Å². The molecule has 0 aliphatic heterocycles. The summed E-state index contributed by atoms with van der Waals surface area (Å²) >= 11 is 0. The van der Waals surface area contributed by atoms with Crippen LogP contribution in [0.1, 0.15) is 28.4 Å². The van der Waals surface area contributed by atoms with Crippen LogP contribution in [0.15, 0.2) is 47.6 Å². The van der Waals surface area contributed by atoms with Crippen LogP contribution < -0.4 is 5.32 Å². The Hall–Kier alpha value is -2.69. The van der Waals surface area contributed by atoms with Gasteiger partial charge in [0.05, 0.1) is 11.3 Å². The summed E-state index contributed by atoms with van der Waals surface area (Å²) in [7, 11) is 0. The number of nitrogens with zero attached hydrogens (tertiary/aromatic N) is 1. The first kappa shape index (κ1) is 14.7. The number of carbonyl (C=O) groups is 1. The average molecular weight is 286 g/mol. The van der Waals surface area contributed by atoms with Gasteiger partial charge in [-0.3, -0.25) is 4.79 Å². The zero-order valence-corrected chi connectivity index (χ0v) is 11.7. The standard InChI is InChI=1S/C16H15FN2O2/c1-10-6-7-14(15(17)8-10)16(20)18-13-5-3-4-12(9-13)11(2)19-21/h3-9,21H,1-2H3,(H,18,20)/b19-11-.